The first-order chi connectivity index (χ1) is 15.1. The zero-order valence-electron chi connectivity index (χ0n) is 17.1. The predicted octanol–water partition coefficient (Wildman–Crippen LogP) is 1.74. The second-order valence-electron chi connectivity index (χ2n) is 8.13. The van der Waals surface area contributed by atoms with Crippen molar-refractivity contribution in [2.24, 2.45) is 0 Å². The van der Waals surface area contributed by atoms with Crippen molar-refractivity contribution >= 4 is 11.9 Å². The molecule has 1 aromatic heterocycles. The van der Waals surface area contributed by atoms with Crippen molar-refractivity contribution in [2.45, 2.75) is 31.5 Å². The third-order valence-corrected chi connectivity index (χ3v) is 5.99. The summed E-state index contributed by atoms with van der Waals surface area (Å²) in [5.74, 6) is 1.57. The number of aliphatic hydroxyl groups excluding tert-OH is 2. The number of hydrogen-bond acceptors (Lipinski definition) is 8. The van der Waals surface area contributed by atoms with E-state index in [4.69, 9.17) is 9.97 Å². The summed E-state index contributed by atoms with van der Waals surface area (Å²) in [5, 5.41) is 30.0. The lowest BCUT2D eigenvalue weighted by atomic mass is 9.94. The van der Waals surface area contributed by atoms with E-state index in [-0.39, 0.29) is 18.4 Å². The van der Waals surface area contributed by atoms with E-state index in [1.54, 1.807) is 18.2 Å². The Bertz CT molecular complexity index is 1090. The minimum Gasteiger partial charge on any atom is -0.508 e. The number of anilines is 2. The minimum absolute atomic E-state index is 0.0146. The van der Waals surface area contributed by atoms with Crippen LogP contribution in [0.1, 0.15) is 17.5 Å². The maximum atomic E-state index is 10.1. The van der Waals surface area contributed by atoms with Gasteiger partial charge in [0.25, 0.3) is 0 Å². The molecule has 3 N–H and O–H groups in total. The number of benzene rings is 2. The molecule has 0 spiro atoms. The van der Waals surface area contributed by atoms with E-state index < -0.39 is 6.10 Å². The molecule has 0 saturated carbocycles. The molecule has 2 aliphatic heterocycles. The highest BCUT2D eigenvalue weighted by Crippen LogP contribution is 2.30. The standard InChI is InChI=1S/C23H25N5O3/c29-14-18-10-15-4-1-2-5-17(15)12-28(18)23-25-21(16-6-3-7-19(30)11-16)24-22(26-23)27-9-8-20(31)13-27/h1-7,11,18,20,29-31H,8-10,12-14H2/t18-,20-/m1/s1. The highest BCUT2D eigenvalue weighted by molar-refractivity contribution is 5.61. The molecular weight excluding hydrogens is 394 g/mol. The maximum Gasteiger partial charge on any atom is 0.231 e. The summed E-state index contributed by atoms with van der Waals surface area (Å²) in [6.45, 7) is 1.71. The number of rotatable bonds is 4. The number of hydrogen-bond donors (Lipinski definition) is 3. The van der Waals surface area contributed by atoms with Gasteiger partial charge in [-0.05, 0) is 36.1 Å². The van der Waals surface area contributed by atoms with Crippen LogP contribution in [0.2, 0.25) is 0 Å². The van der Waals surface area contributed by atoms with E-state index in [1.165, 1.54) is 11.1 Å². The smallest absolute Gasteiger partial charge is 0.231 e. The van der Waals surface area contributed by atoms with Crippen LogP contribution in [0.5, 0.6) is 5.75 Å². The molecule has 8 heteroatoms. The summed E-state index contributed by atoms with van der Waals surface area (Å²) < 4.78 is 0. The molecule has 0 bridgehead atoms. The van der Waals surface area contributed by atoms with Crippen molar-refractivity contribution in [3.8, 4) is 17.1 Å². The van der Waals surface area contributed by atoms with Crippen LogP contribution in [-0.4, -0.2) is 62.1 Å². The van der Waals surface area contributed by atoms with Gasteiger partial charge in [-0.25, -0.2) is 0 Å². The number of phenols is 1. The molecule has 0 unspecified atom stereocenters. The summed E-state index contributed by atoms with van der Waals surface area (Å²) >= 11 is 0. The average molecular weight is 419 g/mol. The van der Waals surface area contributed by atoms with Gasteiger partial charge >= 0.3 is 0 Å². The van der Waals surface area contributed by atoms with Crippen LogP contribution in [0.4, 0.5) is 11.9 Å². The van der Waals surface area contributed by atoms with E-state index in [0.29, 0.717) is 55.8 Å². The molecule has 3 aromatic rings. The average Bonchev–Trinajstić information content (AvgIpc) is 3.24. The summed E-state index contributed by atoms with van der Waals surface area (Å²) in [4.78, 5) is 18.1. The Hall–Kier alpha value is -3.23. The van der Waals surface area contributed by atoms with E-state index in [0.717, 1.165) is 0 Å². The van der Waals surface area contributed by atoms with E-state index in [1.807, 2.05) is 28.0 Å². The Labute approximate surface area is 180 Å². The second kappa shape index (κ2) is 8.13. The fourth-order valence-electron chi connectivity index (χ4n) is 4.31. The molecule has 1 fully saturated rings. The molecule has 2 aliphatic rings. The van der Waals surface area contributed by atoms with Crippen molar-refractivity contribution in [3.63, 3.8) is 0 Å². The molecular formula is C23H25N5O3. The van der Waals surface area contributed by atoms with Gasteiger partial charge in [0.15, 0.2) is 5.82 Å². The number of nitrogens with zero attached hydrogens (tertiary/aromatic N) is 5. The van der Waals surface area contributed by atoms with Crippen LogP contribution in [0.15, 0.2) is 48.5 Å². The normalized spacial score (nSPS) is 20.7. The van der Waals surface area contributed by atoms with Gasteiger partial charge in [-0.3, -0.25) is 0 Å². The Balaban J connectivity index is 1.59. The number of phenolic OH excluding ortho intramolecular Hbond substituents is 1. The molecule has 0 radical (unpaired) electrons. The first-order valence-electron chi connectivity index (χ1n) is 10.5. The van der Waals surface area contributed by atoms with Crippen molar-refractivity contribution in [3.05, 3.63) is 59.7 Å². The molecule has 2 atom stereocenters. The summed E-state index contributed by atoms with van der Waals surface area (Å²) in [7, 11) is 0. The lowest BCUT2D eigenvalue weighted by molar-refractivity contribution is 0.198. The van der Waals surface area contributed by atoms with Crippen LogP contribution in [-0.2, 0) is 13.0 Å². The van der Waals surface area contributed by atoms with Gasteiger partial charge in [-0.1, -0.05) is 36.4 Å². The van der Waals surface area contributed by atoms with E-state index in [2.05, 4.69) is 17.1 Å². The predicted molar refractivity (Wildman–Crippen MR) is 117 cm³/mol. The summed E-state index contributed by atoms with van der Waals surface area (Å²) in [5.41, 5.74) is 3.09. The molecule has 1 saturated heterocycles. The maximum absolute atomic E-state index is 10.1. The number of fused-ring (bicyclic) bond motifs is 1. The molecule has 31 heavy (non-hydrogen) atoms. The Morgan fingerprint density at radius 3 is 2.52 bits per heavy atom. The van der Waals surface area contributed by atoms with Crippen LogP contribution >= 0.6 is 0 Å². The molecule has 2 aromatic carbocycles. The molecule has 5 rings (SSSR count). The number of aromatic hydroxyl groups is 1. The van der Waals surface area contributed by atoms with Crippen molar-refractivity contribution in [2.75, 3.05) is 29.5 Å². The van der Waals surface area contributed by atoms with Crippen LogP contribution in [0, 0.1) is 0 Å². The first kappa shape index (κ1) is 19.7. The molecule has 160 valence electrons. The zero-order valence-corrected chi connectivity index (χ0v) is 17.1. The zero-order chi connectivity index (χ0) is 21.4. The van der Waals surface area contributed by atoms with Gasteiger partial charge in [0.1, 0.15) is 5.75 Å². The van der Waals surface area contributed by atoms with E-state index >= 15 is 0 Å². The summed E-state index contributed by atoms with van der Waals surface area (Å²) in [6, 6.07) is 14.9. The van der Waals surface area contributed by atoms with Gasteiger partial charge in [-0.2, -0.15) is 15.0 Å². The van der Waals surface area contributed by atoms with Gasteiger partial charge in [-0.15, -0.1) is 0 Å². The van der Waals surface area contributed by atoms with Gasteiger partial charge < -0.3 is 25.1 Å². The third-order valence-electron chi connectivity index (χ3n) is 5.99. The van der Waals surface area contributed by atoms with Gasteiger partial charge in [0.05, 0.1) is 18.8 Å². The fraction of sp³-hybridized carbons (Fsp3) is 0.348. The minimum atomic E-state index is -0.406. The Morgan fingerprint density at radius 2 is 1.77 bits per heavy atom. The monoisotopic (exact) mass is 419 g/mol. The van der Waals surface area contributed by atoms with Crippen molar-refractivity contribution in [1.82, 2.24) is 15.0 Å². The van der Waals surface area contributed by atoms with Gasteiger partial charge in [0.2, 0.25) is 11.9 Å². The lowest BCUT2D eigenvalue weighted by Gasteiger charge is -2.36. The fourth-order valence-corrected chi connectivity index (χ4v) is 4.31. The number of aliphatic hydroxyl groups is 2. The molecule has 3 heterocycles. The largest absolute Gasteiger partial charge is 0.508 e. The molecule has 0 aliphatic carbocycles. The Morgan fingerprint density at radius 1 is 0.968 bits per heavy atom. The molecule has 8 nitrogen and oxygen atoms in total. The third kappa shape index (κ3) is 3.92. The second-order valence-corrected chi connectivity index (χ2v) is 8.13. The van der Waals surface area contributed by atoms with Crippen molar-refractivity contribution in [1.29, 1.82) is 0 Å². The van der Waals surface area contributed by atoms with Crippen LogP contribution < -0.4 is 9.80 Å². The quantitative estimate of drug-likeness (QED) is 0.587. The van der Waals surface area contributed by atoms with E-state index in [9.17, 15) is 15.3 Å². The molecule has 0 amide bonds. The SMILES string of the molecule is OC[C@H]1Cc2ccccc2CN1c1nc(-c2cccc(O)c2)nc(N2CC[C@@H](O)C2)n1. The Kier molecular flexibility index (Phi) is 5.17. The highest BCUT2D eigenvalue weighted by Gasteiger charge is 2.30. The van der Waals surface area contributed by atoms with Gasteiger partial charge in [0, 0.05) is 25.2 Å². The highest BCUT2D eigenvalue weighted by atomic mass is 16.3. The number of β-amino-alcohol motifs (C(OH)–C–C–N with tert-alkyl or cyclic N) is 1. The summed E-state index contributed by atoms with van der Waals surface area (Å²) in [6.07, 6.45) is 0.965. The topological polar surface area (TPSA) is 106 Å². The first-order valence-corrected chi connectivity index (χ1v) is 10.5. The van der Waals surface area contributed by atoms with Crippen LogP contribution in [0.25, 0.3) is 11.4 Å². The lowest BCUT2D eigenvalue weighted by Crippen LogP contribution is -2.44. The van der Waals surface area contributed by atoms with Crippen molar-refractivity contribution < 1.29 is 15.3 Å². The number of aromatic nitrogens is 3. The van der Waals surface area contributed by atoms with Crippen LogP contribution in [0.3, 0.4) is 0 Å².